The van der Waals surface area contributed by atoms with Crippen molar-refractivity contribution < 1.29 is 14.0 Å². The van der Waals surface area contributed by atoms with Crippen molar-refractivity contribution in [1.82, 2.24) is 0 Å². The smallest absolute Gasteiger partial charge is 0.291 e. The van der Waals surface area contributed by atoms with E-state index in [0.717, 1.165) is 10.0 Å². The Labute approximate surface area is 153 Å². The number of benzene rings is 2. The van der Waals surface area contributed by atoms with Crippen LogP contribution < -0.4 is 5.32 Å². The van der Waals surface area contributed by atoms with Gasteiger partial charge in [0.2, 0.25) is 0 Å². The Morgan fingerprint density at radius 3 is 2.52 bits per heavy atom. The summed E-state index contributed by atoms with van der Waals surface area (Å²) in [6.07, 6.45) is 4.70. The van der Waals surface area contributed by atoms with Crippen LogP contribution in [-0.4, -0.2) is 11.7 Å². The van der Waals surface area contributed by atoms with Crippen LogP contribution >= 0.6 is 15.9 Å². The summed E-state index contributed by atoms with van der Waals surface area (Å²) in [5, 5.41) is 2.71. The third kappa shape index (κ3) is 4.55. The van der Waals surface area contributed by atoms with Gasteiger partial charge in [0, 0.05) is 15.7 Å². The van der Waals surface area contributed by atoms with Crippen molar-refractivity contribution in [3.05, 3.63) is 94.4 Å². The molecule has 3 aromatic rings. The standard InChI is InChI=1S/C20H14BrNO3/c21-16-9-6-14(7-10-16)8-11-18(23)15-3-1-4-17(13-15)22-20(24)19-5-2-12-25-19/h1-13H,(H,22,24). The van der Waals surface area contributed by atoms with Gasteiger partial charge in [-0.2, -0.15) is 0 Å². The maximum atomic E-state index is 12.3. The maximum Gasteiger partial charge on any atom is 0.291 e. The third-order valence-corrected chi connectivity index (χ3v) is 3.98. The molecule has 1 heterocycles. The average molecular weight is 396 g/mol. The number of rotatable bonds is 5. The second-order valence-corrected chi connectivity index (χ2v) is 6.18. The third-order valence-electron chi connectivity index (χ3n) is 3.45. The zero-order chi connectivity index (χ0) is 17.6. The molecule has 0 aliphatic carbocycles. The van der Waals surface area contributed by atoms with Gasteiger partial charge >= 0.3 is 0 Å². The highest BCUT2D eigenvalue weighted by molar-refractivity contribution is 9.10. The molecular formula is C20H14BrNO3. The molecule has 0 radical (unpaired) electrons. The van der Waals surface area contributed by atoms with Crippen LogP contribution in [0.3, 0.4) is 0 Å². The molecule has 4 nitrogen and oxygen atoms in total. The van der Waals surface area contributed by atoms with Gasteiger partial charge in [-0.1, -0.05) is 46.3 Å². The molecule has 0 aliphatic rings. The fourth-order valence-electron chi connectivity index (χ4n) is 2.19. The largest absolute Gasteiger partial charge is 0.459 e. The molecule has 3 rings (SSSR count). The number of hydrogen-bond donors (Lipinski definition) is 1. The van der Waals surface area contributed by atoms with E-state index in [9.17, 15) is 9.59 Å². The maximum absolute atomic E-state index is 12.3. The highest BCUT2D eigenvalue weighted by atomic mass is 79.9. The van der Waals surface area contributed by atoms with Crippen LogP contribution in [0.4, 0.5) is 5.69 Å². The topological polar surface area (TPSA) is 59.3 Å². The van der Waals surface area contributed by atoms with Gasteiger partial charge in [-0.25, -0.2) is 0 Å². The molecule has 0 spiro atoms. The fourth-order valence-corrected chi connectivity index (χ4v) is 2.46. The quantitative estimate of drug-likeness (QED) is 0.477. The van der Waals surface area contributed by atoms with E-state index in [1.807, 2.05) is 24.3 Å². The number of anilines is 1. The van der Waals surface area contributed by atoms with E-state index in [1.165, 1.54) is 12.3 Å². The second-order valence-electron chi connectivity index (χ2n) is 5.26. The van der Waals surface area contributed by atoms with Gasteiger partial charge in [0.1, 0.15) is 0 Å². The molecule has 0 saturated heterocycles. The molecule has 25 heavy (non-hydrogen) atoms. The van der Waals surface area contributed by atoms with E-state index >= 15 is 0 Å². The van der Waals surface area contributed by atoms with Crippen molar-refractivity contribution in [2.45, 2.75) is 0 Å². The summed E-state index contributed by atoms with van der Waals surface area (Å²) in [6, 6.07) is 17.6. The number of amides is 1. The van der Waals surface area contributed by atoms with Gasteiger partial charge in [-0.3, -0.25) is 9.59 Å². The van der Waals surface area contributed by atoms with Crippen molar-refractivity contribution in [2.75, 3.05) is 5.32 Å². The van der Waals surface area contributed by atoms with Crippen LogP contribution in [-0.2, 0) is 0 Å². The molecule has 0 atom stereocenters. The van der Waals surface area contributed by atoms with Crippen LogP contribution in [0.5, 0.6) is 0 Å². The summed E-state index contributed by atoms with van der Waals surface area (Å²) in [5.74, 6) is -0.288. The molecule has 1 amide bonds. The van der Waals surface area contributed by atoms with E-state index < -0.39 is 0 Å². The van der Waals surface area contributed by atoms with Gasteiger partial charge < -0.3 is 9.73 Å². The zero-order valence-corrected chi connectivity index (χ0v) is 14.7. The van der Waals surface area contributed by atoms with Crippen LogP contribution in [0, 0.1) is 0 Å². The Bertz CT molecular complexity index is 912. The minimum absolute atomic E-state index is 0.142. The normalized spacial score (nSPS) is 10.8. The molecular weight excluding hydrogens is 382 g/mol. The summed E-state index contributed by atoms with van der Waals surface area (Å²) < 4.78 is 6.03. The van der Waals surface area contributed by atoms with Crippen molar-refractivity contribution in [3.63, 3.8) is 0 Å². The first-order chi connectivity index (χ1) is 12.1. The van der Waals surface area contributed by atoms with Crippen molar-refractivity contribution in [2.24, 2.45) is 0 Å². The van der Waals surface area contributed by atoms with Crippen molar-refractivity contribution in [1.29, 1.82) is 0 Å². The number of carbonyl (C=O) groups excluding carboxylic acids is 2. The molecule has 1 N–H and O–H groups in total. The van der Waals surface area contributed by atoms with Gasteiger partial charge in [0.25, 0.3) is 5.91 Å². The van der Waals surface area contributed by atoms with Gasteiger partial charge in [0.15, 0.2) is 11.5 Å². The molecule has 0 aliphatic heterocycles. The number of nitrogens with one attached hydrogen (secondary N) is 1. The number of allylic oxidation sites excluding steroid dienone is 1. The van der Waals surface area contributed by atoms with Crippen molar-refractivity contribution in [3.8, 4) is 0 Å². The molecule has 0 unspecified atom stereocenters. The van der Waals surface area contributed by atoms with E-state index in [0.29, 0.717) is 11.3 Å². The summed E-state index contributed by atoms with van der Waals surface area (Å²) in [5.41, 5.74) is 1.95. The first kappa shape index (κ1) is 16.9. The Balaban J connectivity index is 1.71. The average Bonchev–Trinajstić information content (AvgIpc) is 3.16. The zero-order valence-electron chi connectivity index (χ0n) is 13.1. The summed E-state index contributed by atoms with van der Waals surface area (Å²) >= 11 is 3.37. The molecule has 0 bridgehead atoms. The highest BCUT2D eigenvalue weighted by Gasteiger charge is 2.10. The molecule has 5 heteroatoms. The lowest BCUT2D eigenvalue weighted by atomic mass is 10.1. The second kappa shape index (κ2) is 7.77. The number of halogens is 1. The molecule has 124 valence electrons. The van der Waals surface area contributed by atoms with Crippen LogP contribution in [0.15, 0.2) is 81.9 Å². The Hall–Kier alpha value is -2.92. The van der Waals surface area contributed by atoms with Crippen LogP contribution in [0.1, 0.15) is 26.5 Å². The molecule has 2 aromatic carbocycles. The monoisotopic (exact) mass is 395 g/mol. The molecule has 0 fully saturated rings. The van der Waals surface area contributed by atoms with Gasteiger partial charge in [-0.15, -0.1) is 0 Å². The number of ketones is 1. The minimum atomic E-state index is -0.361. The number of furan rings is 1. The summed E-state index contributed by atoms with van der Waals surface area (Å²) in [4.78, 5) is 24.3. The summed E-state index contributed by atoms with van der Waals surface area (Å²) in [6.45, 7) is 0. The van der Waals surface area contributed by atoms with Gasteiger partial charge in [-0.05, 0) is 48.0 Å². The first-order valence-corrected chi connectivity index (χ1v) is 8.34. The van der Waals surface area contributed by atoms with Crippen LogP contribution in [0.25, 0.3) is 6.08 Å². The van der Waals surface area contributed by atoms with E-state index in [2.05, 4.69) is 21.2 Å². The predicted molar refractivity (Wildman–Crippen MR) is 101 cm³/mol. The molecule has 0 saturated carbocycles. The van der Waals surface area contributed by atoms with Gasteiger partial charge in [0.05, 0.1) is 6.26 Å². The Kier molecular flexibility index (Phi) is 5.26. The van der Waals surface area contributed by atoms with Crippen molar-refractivity contribution >= 4 is 39.4 Å². The Morgan fingerprint density at radius 2 is 1.80 bits per heavy atom. The number of hydrogen-bond acceptors (Lipinski definition) is 3. The Morgan fingerprint density at radius 1 is 1.00 bits per heavy atom. The van der Waals surface area contributed by atoms with E-state index in [4.69, 9.17) is 4.42 Å². The number of carbonyl (C=O) groups is 2. The fraction of sp³-hybridized carbons (Fsp3) is 0. The summed E-state index contributed by atoms with van der Waals surface area (Å²) in [7, 11) is 0. The first-order valence-electron chi connectivity index (χ1n) is 7.55. The molecule has 1 aromatic heterocycles. The highest BCUT2D eigenvalue weighted by Crippen LogP contribution is 2.15. The van der Waals surface area contributed by atoms with E-state index in [1.54, 1.807) is 42.5 Å². The lowest BCUT2D eigenvalue weighted by Gasteiger charge is -2.04. The SMILES string of the molecule is O=C(C=Cc1ccc(Br)cc1)c1cccc(NC(=O)c2ccco2)c1. The lowest BCUT2D eigenvalue weighted by molar-refractivity contribution is 0.0994. The predicted octanol–water partition coefficient (Wildman–Crippen LogP) is 5.19. The minimum Gasteiger partial charge on any atom is -0.459 e. The van der Waals surface area contributed by atoms with Crippen LogP contribution in [0.2, 0.25) is 0 Å². The lowest BCUT2D eigenvalue weighted by Crippen LogP contribution is -2.11. The van der Waals surface area contributed by atoms with E-state index in [-0.39, 0.29) is 17.5 Å².